The maximum absolute atomic E-state index is 13.8. The summed E-state index contributed by atoms with van der Waals surface area (Å²) in [6.45, 7) is 8.88. The Hall–Kier alpha value is -2.57. The van der Waals surface area contributed by atoms with Gasteiger partial charge in [0.05, 0.1) is 11.6 Å². The lowest BCUT2D eigenvalue weighted by Gasteiger charge is -2.48. The second kappa shape index (κ2) is 10.1. The second-order valence-corrected chi connectivity index (χ2v) is 13.8. The minimum absolute atomic E-state index is 0.110. The molecule has 0 N–H and O–H groups in total. The van der Waals surface area contributed by atoms with Crippen LogP contribution in [-0.4, -0.2) is 30.6 Å². The van der Waals surface area contributed by atoms with Crippen LogP contribution in [0.1, 0.15) is 70.4 Å². The standard InChI is InChI=1S/C32H35BrClNO4/c1-31(2)13-22-28(24(36)15-31)27(29-23(35(22)5)14-32(3,4)16-25(29)37)19-11-21(33)30(26(12-19)38-6)39-17-18-8-7-9-20(34)10-18/h7-12,27H,13-17H2,1-6H3. The van der Waals surface area contributed by atoms with Crippen LogP contribution in [0.4, 0.5) is 0 Å². The Balaban J connectivity index is 1.63. The first-order chi connectivity index (χ1) is 18.3. The quantitative estimate of drug-likeness (QED) is 0.342. The zero-order valence-corrected chi connectivity index (χ0v) is 25.8. The Morgan fingerprint density at radius 3 is 2.08 bits per heavy atom. The van der Waals surface area contributed by atoms with Gasteiger partial charge in [-0.15, -0.1) is 0 Å². The van der Waals surface area contributed by atoms with E-state index in [9.17, 15) is 9.59 Å². The monoisotopic (exact) mass is 611 g/mol. The fourth-order valence-corrected chi connectivity index (χ4v) is 7.11. The third-order valence-corrected chi connectivity index (χ3v) is 8.86. The third-order valence-electron chi connectivity index (χ3n) is 8.04. The number of nitrogens with zero attached hydrogens (tertiary/aromatic N) is 1. The van der Waals surface area contributed by atoms with Crippen molar-refractivity contribution in [3.05, 3.63) is 79.6 Å². The molecule has 5 nitrogen and oxygen atoms in total. The maximum Gasteiger partial charge on any atom is 0.175 e. The molecule has 0 radical (unpaired) electrons. The molecular weight excluding hydrogens is 578 g/mol. The predicted octanol–water partition coefficient (Wildman–Crippen LogP) is 8.01. The van der Waals surface area contributed by atoms with Gasteiger partial charge in [-0.25, -0.2) is 0 Å². The molecule has 0 aromatic heterocycles. The Morgan fingerprint density at radius 2 is 1.54 bits per heavy atom. The van der Waals surface area contributed by atoms with Gasteiger partial charge < -0.3 is 14.4 Å². The van der Waals surface area contributed by atoms with Crippen molar-refractivity contribution in [2.45, 2.75) is 65.9 Å². The Morgan fingerprint density at radius 1 is 0.949 bits per heavy atom. The number of ketones is 2. The van der Waals surface area contributed by atoms with Crippen LogP contribution >= 0.6 is 27.5 Å². The third kappa shape index (κ3) is 5.30. The smallest absolute Gasteiger partial charge is 0.175 e. The van der Waals surface area contributed by atoms with Crippen LogP contribution in [-0.2, 0) is 16.2 Å². The lowest BCUT2D eigenvalue weighted by Crippen LogP contribution is -2.43. The average Bonchev–Trinajstić information content (AvgIpc) is 2.83. The molecule has 0 bridgehead atoms. The number of hydrogen-bond donors (Lipinski definition) is 0. The minimum Gasteiger partial charge on any atom is -0.493 e. The summed E-state index contributed by atoms with van der Waals surface area (Å²) in [5.41, 5.74) is 5.04. The van der Waals surface area contributed by atoms with E-state index in [1.54, 1.807) is 7.11 Å². The van der Waals surface area contributed by atoms with Crippen molar-refractivity contribution in [3.63, 3.8) is 0 Å². The molecule has 1 heterocycles. The molecular formula is C32H35BrClNO4. The number of benzene rings is 2. The van der Waals surface area contributed by atoms with Crippen LogP contribution in [0.15, 0.2) is 63.4 Å². The molecule has 0 unspecified atom stereocenters. The van der Waals surface area contributed by atoms with Crippen LogP contribution in [0.25, 0.3) is 0 Å². The van der Waals surface area contributed by atoms with Crippen LogP contribution in [0.2, 0.25) is 5.02 Å². The van der Waals surface area contributed by atoms with E-state index in [4.69, 9.17) is 21.1 Å². The molecule has 3 aliphatic rings. The van der Waals surface area contributed by atoms with Crippen LogP contribution in [0.5, 0.6) is 11.5 Å². The number of carbonyl (C=O) groups excluding carboxylic acids is 2. The molecule has 2 aliphatic carbocycles. The first-order valence-corrected chi connectivity index (χ1v) is 14.5. The Kier molecular flexibility index (Phi) is 7.26. The van der Waals surface area contributed by atoms with E-state index in [-0.39, 0.29) is 22.4 Å². The van der Waals surface area contributed by atoms with E-state index >= 15 is 0 Å². The van der Waals surface area contributed by atoms with Crippen molar-refractivity contribution in [2.75, 3.05) is 14.2 Å². The van der Waals surface area contributed by atoms with Gasteiger partial charge in [0.1, 0.15) is 6.61 Å². The van der Waals surface area contributed by atoms with Gasteiger partial charge in [-0.1, -0.05) is 51.4 Å². The lowest BCUT2D eigenvalue weighted by molar-refractivity contribution is -0.119. The van der Waals surface area contributed by atoms with Gasteiger partial charge in [-0.3, -0.25) is 9.59 Å². The number of rotatable bonds is 5. The number of hydrogen-bond acceptors (Lipinski definition) is 5. The zero-order valence-electron chi connectivity index (χ0n) is 23.4. The largest absolute Gasteiger partial charge is 0.493 e. The number of allylic oxidation sites excluding steroid dienone is 4. The molecule has 0 fully saturated rings. The normalized spacial score (nSPS) is 20.7. The van der Waals surface area contributed by atoms with E-state index < -0.39 is 5.92 Å². The molecule has 7 heteroatoms. The zero-order chi connectivity index (χ0) is 28.3. The summed E-state index contributed by atoms with van der Waals surface area (Å²) >= 11 is 9.85. The van der Waals surface area contributed by atoms with Crippen LogP contribution in [0.3, 0.4) is 0 Å². The van der Waals surface area contributed by atoms with Crippen molar-refractivity contribution in [1.82, 2.24) is 4.90 Å². The Bertz CT molecular complexity index is 1380. The molecule has 5 rings (SSSR count). The topological polar surface area (TPSA) is 55.8 Å². The van der Waals surface area contributed by atoms with Crippen molar-refractivity contribution in [1.29, 1.82) is 0 Å². The summed E-state index contributed by atoms with van der Waals surface area (Å²) in [6, 6.07) is 11.4. The molecule has 1 aliphatic heterocycles. The van der Waals surface area contributed by atoms with Gasteiger partial charge in [0, 0.05) is 53.4 Å². The highest BCUT2D eigenvalue weighted by Gasteiger charge is 2.48. The lowest BCUT2D eigenvalue weighted by atomic mass is 9.64. The van der Waals surface area contributed by atoms with Gasteiger partial charge in [-0.05, 0) is 75.0 Å². The molecule has 39 heavy (non-hydrogen) atoms. The van der Waals surface area contributed by atoms with E-state index in [1.807, 2.05) is 43.4 Å². The molecule has 2 aromatic rings. The number of ether oxygens (including phenoxy) is 2. The second-order valence-electron chi connectivity index (χ2n) is 12.5. The summed E-state index contributed by atoms with van der Waals surface area (Å²) in [5, 5.41) is 0.647. The number of methoxy groups -OCH3 is 1. The molecule has 0 saturated carbocycles. The Labute approximate surface area is 244 Å². The summed E-state index contributed by atoms with van der Waals surface area (Å²) < 4.78 is 12.7. The molecule has 0 spiro atoms. The predicted molar refractivity (Wildman–Crippen MR) is 157 cm³/mol. The molecule has 0 saturated heterocycles. The summed E-state index contributed by atoms with van der Waals surface area (Å²) in [5.74, 6) is 0.879. The van der Waals surface area contributed by atoms with E-state index in [0.29, 0.717) is 40.4 Å². The first-order valence-electron chi connectivity index (χ1n) is 13.3. The van der Waals surface area contributed by atoms with E-state index in [0.717, 1.165) is 46.5 Å². The van der Waals surface area contributed by atoms with Crippen molar-refractivity contribution in [3.8, 4) is 11.5 Å². The molecule has 206 valence electrons. The fourth-order valence-electron chi connectivity index (χ4n) is 6.33. The van der Waals surface area contributed by atoms with Gasteiger partial charge in [0.25, 0.3) is 0 Å². The van der Waals surface area contributed by atoms with Gasteiger partial charge >= 0.3 is 0 Å². The van der Waals surface area contributed by atoms with Gasteiger partial charge in [0.2, 0.25) is 0 Å². The van der Waals surface area contributed by atoms with E-state index in [2.05, 4.69) is 48.5 Å². The summed E-state index contributed by atoms with van der Waals surface area (Å²) in [4.78, 5) is 29.7. The highest BCUT2D eigenvalue weighted by atomic mass is 79.9. The molecule has 0 amide bonds. The fraction of sp³-hybridized carbons (Fsp3) is 0.438. The average molecular weight is 613 g/mol. The van der Waals surface area contributed by atoms with Crippen molar-refractivity contribution in [2.24, 2.45) is 10.8 Å². The number of carbonyl (C=O) groups is 2. The summed E-state index contributed by atoms with van der Waals surface area (Å²) in [7, 11) is 3.62. The van der Waals surface area contributed by atoms with Crippen LogP contribution < -0.4 is 9.47 Å². The van der Waals surface area contributed by atoms with Crippen molar-refractivity contribution >= 4 is 39.1 Å². The van der Waals surface area contributed by atoms with E-state index in [1.165, 1.54) is 0 Å². The maximum atomic E-state index is 13.8. The number of halogens is 2. The van der Waals surface area contributed by atoms with Crippen LogP contribution in [0, 0.1) is 10.8 Å². The van der Waals surface area contributed by atoms with Crippen molar-refractivity contribution < 1.29 is 19.1 Å². The molecule has 2 aromatic carbocycles. The highest BCUT2D eigenvalue weighted by molar-refractivity contribution is 9.10. The number of Topliss-reactive ketones (excluding diaryl/α,β-unsaturated/α-hetero) is 2. The minimum atomic E-state index is -0.439. The first kappa shape index (κ1) is 28.0. The SMILES string of the molecule is COc1cc(C2C3=C(CC(C)(C)CC3=O)N(C)C3=C2C(=O)CC(C)(C)C3)cc(Br)c1OCc1cccc(Cl)c1. The van der Waals surface area contributed by atoms with Gasteiger partial charge in [-0.2, -0.15) is 0 Å². The molecule has 0 atom stereocenters. The van der Waals surface area contributed by atoms with Gasteiger partial charge in [0.15, 0.2) is 23.1 Å². The highest BCUT2D eigenvalue weighted by Crippen LogP contribution is 2.55. The summed E-state index contributed by atoms with van der Waals surface area (Å²) in [6.07, 6.45) is 2.48.